The molecule has 0 fully saturated rings. The van der Waals surface area contributed by atoms with Crippen LogP contribution in [0.4, 0.5) is 11.4 Å². The van der Waals surface area contributed by atoms with Crippen LogP contribution in [0.2, 0.25) is 10.0 Å². The summed E-state index contributed by atoms with van der Waals surface area (Å²) in [6.07, 6.45) is 1.11. The minimum atomic E-state index is -3.63. The van der Waals surface area contributed by atoms with E-state index in [1.807, 2.05) is 32.0 Å². The molecule has 0 heterocycles. The molecule has 0 bridgehead atoms. The number of halogens is 2. The molecular weight excluding hydrogens is 455 g/mol. The monoisotopic (exact) mass is 476 g/mol. The number of amides is 1. The fraction of sp³-hybridized carbons (Fsp3) is 0.174. The van der Waals surface area contributed by atoms with Crippen molar-refractivity contribution in [3.8, 4) is 0 Å². The quantitative estimate of drug-likeness (QED) is 0.486. The van der Waals surface area contributed by atoms with Gasteiger partial charge in [0.15, 0.2) is 0 Å². The molecule has 0 saturated heterocycles. The second kappa shape index (κ2) is 9.30. The van der Waals surface area contributed by atoms with Crippen LogP contribution in [0.3, 0.4) is 0 Å². The Morgan fingerprint density at radius 2 is 1.58 bits per heavy atom. The normalized spacial score (nSPS) is 11.3. The van der Waals surface area contributed by atoms with Crippen LogP contribution in [-0.2, 0) is 16.6 Å². The van der Waals surface area contributed by atoms with Crippen LogP contribution in [0, 0.1) is 13.8 Å². The largest absolute Gasteiger partial charge is 0.322 e. The summed E-state index contributed by atoms with van der Waals surface area (Å²) in [7, 11) is -3.63. The molecule has 1 amide bonds. The highest BCUT2D eigenvalue weighted by Crippen LogP contribution is 2.29. The first kappa shape index (κ1) is 23.1. The Hall–Kier alpha value is -2.54. The summed E-state index contributed by atoms with van der Waals surface area (Å²) in [5.74, 6) is -0.279. The SMILES string of the molecule is Cc1ccc(NC(=O)c2ccc(N(Cc3c(Cl)cccc3Cl)S(C)(=O)=O)cc2)c(C)c1. The summed E-state index contributed by atoms with van der Waals surface area (Å²) in [6.45, 7) is 3.89. The van der Waals surface area contributed by atoms with E-state index < -0.39 is 10.0 Å². The van der Waals surface area contributed by atoms with Crippen molar-refractivity contribution in [2.75, 3.05) is 15.9 Å². The van der Waals surface area contributed by atoms with E-state index in [4.69, 9.17) is 23.2 Å². The lowest BCUT2D eigenvalue weighted by Gasteiger charge is -2.23. The predicted molar refractivity (Wildman–Crippen MR) is 128 cm³/mol. The Kier molecular flexibility index (Phi) is 6.94. The predicted octanol–water partition coefficient (Wildman–Crippen LogP) is 5.83. The highest BCUT2D eigenvalue weighted by molar-refractivity contribution is 7.92. The average molecular weight is 477 g/mol. The minimum absolute atomic E-state index is 0.0224. The summed E-state index contributed by atoms with van der Waals surface area (Å²) in [5.41, 5.74) is 4.12. The first-order valence-corrected chi connectivity index (χ1v) is 12.1. The van der Waals surface area contributed by atoms with Crippen molar-refractivity contribution < 1.29 is 13.2 Å². The van der Waals surface area contributed by atoms with E-state index in [2.05, 4.69) is 5.32 Å². The molecule has 0 aliphatic rings. The lowest BCUT2D eigenvalue weighted by atomic mass is 10.1. The van der Waals surface area contributed by atoms with Crippen molar-refractivity contribution in [1.82, 2.24) is 0 Å². The van der Waals surface area contributed by atoms with Gasteiger partial charge in [0.05, 0.1) is 18.5 Å². The number of hydrogen-bond donors (Lipinski definition) is 1. The van der Waals surface area contributed by atoms with Crippen molar-refractivity contribution in [1.29, 1.82) is 0 Å². The van der Waals surface area contributed by atoms with Gasteiger partial charge in [-0.25, -0.2) is 8.42 Å². The Balaban J connectivity index is 1.85. The molecule has 3 rings (SSSR count). The first-order valence-electron chi connectivity index (χ1n) is 9.45. The molecule has 0 saturated carbocycles. The second-order valence-corrected chi connectivity index (χ2v) is 10.0. The van der Waals surface area contributed by atoms with Crippen molar-refractivity contribution >= 4 is 50.5 Å². The fourth-order valence-corrected chi connectivity index (χ4v) is 4.54. The zero-order chi connectivity index (χ0) is 22.8. The molecular formula is C23H22Cl2N2O3S. The average Bonchev–Trinajstić information content (AvgIpc) is 2.69. The van der Waals surface area contributed by atoms with E-state index in [9.17, 15) is 13.2 Å². The van der Waals surface area contributed by atoms with E-state index in [0.717, 1.165) is 23.1 Å². The summed E-state index contributed by atoms with van der Waals surface area (Å²) < 4.78 is 26.1. The van der Waals surface area contributed by atoms with Crippen LogP contribution in [0.1, 0.15) is 27.0 Å². The zero-order valence-electron chi connectivity index (χ0n) is 17.3. The van der Waals surface area contributed by atoms with Gasteiger partial charge in [-0.2, -0.15) is 0 Å². The van der Waals surface area contributed by atoms with Gasteiger partial charge in [0, 0.05) is 26.9 Å². The van der Waals surface area contributed by atoms with E-state index in [0.29, 0.717) is 26.9 Å². The molecule has 3 aromatic carbocycles. The Labute approximate surface area is 192 Å². The third-order valence-electron chi connectivity index (χ3n) is 4.81. The number of sulfonamides is 1. The second-order valence-electron chi connectivity index (χ2n) is 7.29. The van der Waals surface area contributed by atoms with Crippen molar-refractivity contribution in [3.05, 3.63) is 93.0 Å². The number of aryl methyl sites for hydroxylation is 2. The van der Waals surface area contributed by atoms with Crippen molar-refractivity contribution in [2.24, 2.45) is 0 Å². The third-order valence-corrected chi connectivity index (χ3v) is 6.66. The molecule has 0 unspecified atom stereocenters. The van der Waals surface area contributed by atoms with Gasteiger partial charge in [-0.05, 0) is 61.9 Å². The minimum Gasteiger partial charge on any atom is -0.322 e. The van der Waals surface area contributed by atoms with Gasteiger partial charge in [-0.3, -0.25) is 9.10 Å². The number of nitrogens with zero attached hydrogens (tertiary/aromatic N) is 1. The van der Waals surface area contributed by atoms with Crippen LogP contribution in [0.25, 0.3) is 0 Å². The number of hydrogen-bond acceptors (Lipinski definition) is 3. The van der Waals surface area contributed by atoms with E-state index in [1.54, 1.807) is 42.5 Å². The molecule has 1 N–H and O–H groups in total. The van der Waals surface area contributed by atoms with Crippen LogP contribution in [-0.4, -0.2) is 20.6 Å². The number of anilines is 2. The number of rotatable bonds is 6. The van der Waals surface area contributed by atoms with E-state index >= 15 is 0 Å². The van der Waals surface area contributed by atoms with Gasteiger partial charge in [-0.15, -0.1) is 0 Å². The summed E-state index contributed by atoms with van der Waals surface area (Å²) in [5, 5.41) is 3.64. The molecule has 0 atom stereocenters. The summed E-state index contributed by atoms with van der Waals surface area (Å²) in [4.78, 5) is 12.6. The molecule has 0 radical (unpaired) electrons. The first-order chi connectivity index (χ1) is 14.6. The number of carbonyl (C=O) groups is 1. The molecule has 0 aliphatic carbocycles. The zero-order valence-corrected chi connectivity index (χ0v) is 19.6. The Bertz CT molecular complexity index is 1210. The third kappa shape index (κ3) is 5.58. The van der Waals surface area contributed by atoms with Crippen LogP contribution >= 0.6 is 23.2 Å². The van der Waals surface area contributed by atoms with Gasteiger partial charge in [0.25, 0.3) is 5.91 Å². The highest BCUT2D eigenvalue weighted by atomic mass is 35.5. The molecule has 162 valence electrons. The topological polar surface area (TPSA) is 66.5 Å². The molecule has 31 heavy (non-hydrogen) atoms. The molecule has 5 nitrogen and oxygen atoms in total. The smallest absolute Gasteiger partial charge is 0.255 e. The summed E-state index contributed by atoms with van der Waals surface area (Å²) >= 11 is 12.4. The Morgan fingerprint density at radius 3 is 2.13 bits per heavy atom. The fourth-order valence-electron chi connectivity index (χ4n) is 3.15. The Morgan fingerprint density at radius 1 is 0.968 bits per heavy atom. The molecule has 3 aromatic rings. The molecule has 0 aliphatic heterocycles. The number of nitrogens with one attached hydrogen (secondary N) is 1. The van der Waals surface area contributed by atoms with Crippen LogP contribution in [0.15, 0.2) is 60.7 Å². The molecule has 0 spiro atoms. The van der Waals surface area contributed by atoms with Gasteiger partial charge >= 0.3 is 0 Å². The van der Waals surface area contributed by atoms with Crippen LogP contribution < -0.4 is 9.62 Å². The van der Waals surface area contributed by atoms with Gasteiger partial charge in [0.1, 0.15) is 0 Å². The maximum atomic E-state index is 12.6. The number of benzene rings is 3. The van der Waals surface area contributed by atoms with Crippen molar-refractivity contribution in [2.45, 2.75) is 20.4 Å². The highest BCUT2D eigenvalue weighted by Gasteiger charge is 2.21. The molecule has 8 heteroatoms. The lowest BCUT2D eigenvalue weighted by molar-refractivity contribution is 0.102. The van der Waals surface area contributed by atoms with E-state index in [1.165, 1.54) is 4.31 Å². The lowest BCUT2D eigenvalue weighted by Crippen LogP contribution is -2.29. The summed E-state index contributed by atoms with van der Waals surface area (Å²) in [6, 6.07) is 17.1. The van der Waals surface area contributed by atoms with Gasteiger partial charge in [-0.1, -0.05) is 47.0 Å². The maximum absolute atomic E-state index is 12.6. The van der Waals surface area contributed by atoms with Gasteiger partial charge in [0.2, 0.25) is 10.0 Å². The van der Waals surface area contributed by atoms with Gasteiger partial charge < -0.3 is 5.32 Å². The van der Waals surface area contributed by atoms with Crippen molar-refractivity contribution in [3.63, 3.8) is 0 Å². The standard InChI is InChI=1S/C23H22Cl2N2O3S/c1-15-7-12-22(16(2)13-15)26-23(28)17-8-10-18(11-9-17)27(31(3,29)30)14-19-20(24)5-4-6-21(19)25/h4-13H,14H2,1-3H3,(H,26,28). The van der Waals surface area contributed by atoms with E-state index in [-0.39, 0.29) is 12.5 Å². The van der Waals surface area contributed by atoms with Crippen LogP contribution in [0.5, 0.6) is 0 Å². The molecule has 0 aromatic heterocycles. The number of carbonyl (C=O) groups excluding carboxylic acids is 1. The maximum Gasteiger partial charge on any atom is 0.255 e.